The van der Waals surface area contributed by atoms with Crippen molar-refractivity contribution in [2.75, 3.05) is 6.26 Å². The number of phenolic OH excluding ortho intramolecular Hbond substituents is 1. The average Bonchev–Trinajstić information content (AvgIpc) is 2.45. The van der Waals surface area contributed by atoms with Crippen molar-refractivity contribution in [3.63, 3.8) is 0 Å². The van der Waals surface area contributed by atoms with Crippen LogP contribution in [0.25, 0.3) is 0 Å². The van der Waals surface area contributed by atoms with E-state index < -0.39 is 0 Å². The molecule has 0 aromatic heterocycles. The summed E-state index contributed by atoms with van der Waals surface area (Å²) in [7, 11) is 0. The lowest BCUT2D eigenvalue weighted by molar-refractivity contribution is 0.473. The molecule has 0 heterocycles. The molecule has 2 nitrogen and oxygen atoms in total. The molecule has 0 amide bonds. The van der Waals surface area contributed by atoms with E-state index in [9.17, 15) is 5.11 Å². The maximum absolute atomic E-state index is 10.0. The summed E-state index contributed by atoms with van der Waals surface area (Å²) in [6.45, 7) is 6.47. The maximum Gasteiger partial charge on any atom is 0.124 e. The van der Waals surface area contributed by atoms with Crippen LogP contribution in [0.3, 0.4) is 0 Å². The summed E-state index contributed by atoms with van der Waals surface area (Å²) in [5, 5.41) is 10.0. The predicted octanol–water partition coefficient (Wildman–Crippen LogP) is 5.16. The molecule has 0 aliphatic carbocycles. The normalized spacial score (nSPS) is 12.0. The van der Waals surface area contributed by atoms with Crippen LogP contribution in [0, 0.1) is 0 Å². The van der Waals surface area contributed by atoms with E-state index in [1.54, 1.807) is 24.0 Å². The first-order valence-corrected chi connectivity index (χ1v) is 8.15. The van der Waals surface area contributed by atoms with E-state index in [0.29, 0.717) is 0 Å². The van der Waals surface area contributed by atoms with Crippen molar-refractivity contribution in [1.29, 1.82) is 0 Å². The SMILES string of the molecule is CSc1ccccc1N=Cc1cc(C(C)(C)C)ccc1O. The molecule has 0 unspecified atom stereocenters. The molecule has 0 radical (unpaired) electrons. The second-order valence-electron chi connectivity index (χ2n) is 5.95. The minimum absolute atomic E-state index is 0.0491. The van der Waals surface area contributed by atoms with E-state index in [1.165, 1.54) is 5.56 Å². The average molecular weight is 299 g/mol. The van der Waals surface area contributed by atoms with Crippen molar-refractivity contribution >= 4 is 23.7 Å². The summed E-state index contributed by atoms with van der Waals surface area (Å²) in [5.41, 5.74) is 2.90. The van der Waals surface area contributed by atoms with Gasteiger partial charge < -0.3 is 5.11 Å². The summed E-state index contributed by atoms with van der Waals surface area (Å²) >= 11 is 1.67. The Balaban J connectivity index is 2.37. The zero-order valence-electron chi connectivity index (χ0n) is 12.9. The molecule has 0 atom stereocenters. The second-order valence-corrected chi connectivity index (χ2v) is 6.80. The van der Waals surface area contributed by atoms with E-state index >= 15 is 0 Å². The van der Waals surface area contributed by atoms with E-state index in [2.05, 4.69) is 25.8 Å². The quantitative estimate of drug-likeness (QED) is 0.627. The van der Waals surface area contributed by atoms with Crippen LogP contribution < -0.4 is 0 Å². The summed E-state index contributed by atoms with van der Waals surface area (Å²) < 4.78 is 0. The third-order valence-corrected chi connectivity index (χ3v) is 4.11. The zero-order chi connectivity index (χ0) is 15.5. The first-order valence-electron chi connectivity index (χ1n) is 6.92. The Morgan fingerprint density at radius 2 is 1.81 bits per heavy atom. The fourth-order valence-electron chi connectivity index (χ4n) is 2.00. The molecule has 2 aromatic rings. The third-order valence-electron chi connectivity index (χ3n) is 3.32. The predicted molar refractivity (Wildman–Crippen MR) is 92.3 cm³/mol. The standard InChI is InChI=1S/C18H21NOS/c1-18(2,3)14-9-10-16(20)13(11-14)12-19-15-7-5-6-8-17(15)21-4/h5-12,20H,1-4H3. The fourth-order valence-corrected chi connectivity index (χ4v) is 2.54. The number of thioether (sulfide) groups is 1. The summed E-state index contributed by atoms with van der Waals surface area (Å²) in [6, 6.07) is 13.7. The highest BCUT2D eigenvalue weighted by molar-refractivity contribution is 7.98. The van der Waals surface area contributed by atoms with Crippen molar-refractivity contribution in [3.05, 3.63) is 53.6 Å². The van der Waals surface area contributed by atoms with Crippen molar-refractivity contribution in [2.45, 2.75) is 31.1 Å². The molecule has 0 bridgehead atoms. The van der Waals surface area contributed by atoms with Gasteiger partial charge >= 0.3 is 0 Å². The number of para-hydroxylation sites is 1. The summed E-state index contributed by atoms with van der Waals surface area (Å²) in [5.74, 6) is 0.258. The highest BCUT2D eigenvalue weighted by Crippen LogP contribution is 2.29. The van der Waals surface area contributed by atoms with Crippen LogP contribution in [0.2, 0.25) is 0 Å². The molecule has 0 aliphatic rings. The first-order chi connectivity index (χ1) is 9.91. The van der Waals surface area contributed by atoms with Crippen LogP contribution in [0.1, 0.15) is 31.9 Å². The molecule has 0 fully saturated rings. The van der Waals surface area contributed by atoms with Crippen molar-refractivity contribution in [1.82, 2.24) is 0 Å². The van der Waals surface area contributed by atoms with Crippen molar-refractivity contribution < 1.29 is 5.11 Å². The zero-order valence-corrected chi connectivity index (χ0v) is 13.7. The van der Waals surface area contributed by atoms with Crippen LogP contribution in [0.15, 0.2) is 52.4 Å². The highest BCUT2D eigenvalue weighted by atomic mass is 32.2. The Bertz CT molecular complexity index is 657. The molecule has 110 valence electrons. The lowest BCUT2D eigenvalue weighted by Crippen LogP contribution is -2.11. The lowest BCUT2D eigenvalue weighted by atomic mass is 9.86. The van der Waals surface area contributed by atoms with Crippen LogP contribution in [-0.4, -0.2) is 17.6 Å². The summed E-state index contributed by atoms with van der Waals surface area (Å²) in [6.07, 6.45) is 3.77. The number of nitrogens with zero attached hydrogens (tertiary/aromatic N) is 1. The molecule has 2 rings (SSSR count). The van der Waals surface area contributed by atoms with Crippen molar-refractivity contribution in [3.8, 4) is 5.75 Å². The summed E-state index contributed by atoms with van der Waals surface area (Å²) in [4.78, 5) is 5.65. The van der Waals surface area contributed by atoms with Gasteiger partial charge in [0.15, 0.2) is 0 Å². The fraction of sp³-hybridized carbons (Fsp3) is 0.278. The minimum Gasteiger partial charge on any atom is -0.507 e. The molecular weight excluding hydrogens is 278 g/mol. The topological polar surface area (TPSA) is 32.6 Å². The van der Waals surface area contributed by atoms with Gasteiger partial charge in [-0.25, -0.2) is 0 Å². The molecule has 0 aliphatic heterocycles. The van der Waals surface area contributed by atoms with Gasteiger partial charge in [0.25, 0.3) is 0 Å². The number of phenols is 1. The maximum atomic E-state index is 10.0. The first kappa shape index (κ1) is 15.6. The lowest BCUT2D eigenvalue weighted by Gasteiger charge is -2.19. The van der Waals surface area contributed by atoms with Gasteiger partial charge in [-0.1, -0.05) is 39.0 Å². The van der Waals surface area contributed by atoms with Gasteiger partial charge in [0.1, 0.15) is 5.75 Å². The molecule has 0 spiro atoms. The Morgan fingerprint density at radius 1 is 1.10 bits per heavy atom. The van der Waals surface area contributed by atoms with Crippen LogP contribution in [0.5, 0.6) is 5.75 Å². The Hall–Kier alpha value is -1.74. The van der Waals surface area contributed by atoms with Crippen LogP contribution in [0.4, 0.5) is 5.69 Å². The van der Waals surface area contributed by atoms with E-state index in [1.807, 2.05) is 42.7 Å². The van der Waals surface area contributed by atoms with E-state index in [0.717, 1.165) is 16.1 Å². The molecule has 21 heavy (non-hydrogen) atoms. The number of hydrogen-bond donors (Lipinski definition) is 1. The Morgan fingerprint density at radius 3 is 2.48 bits per heavy atom. The molecule has 0 saturated heterocycles. The largest absolute Gasteiger partial charge is 0.507 e. The van der Waals surface area contributed by atoms with Gasteiger partial charge in [-0.05, 0) is 41.5 Å². The number of aliphatic imine (C=N–C) groups is 1. The minimum atomic E-state index is 0.0491. The van der Waals surface area contributed by atoms with Gasteiger partial charge in [-0.15, -0.1) is 11.8 Å². The molecule has 1 N–H and O–H groups in total. The van der Waals surface area contributed by atoms with Crippen molar-refractivity contribution in [2.24, 2.45) is 4.99 Å². The number of benzene rings is 2. The molecular formula is C18H21NOS. The van der Waals surface area contributed by atoms with Gasteiger partial charge in [-0.2, -0.15) is 0 Å². The van der Waals surface area contributed by atoms with E-state index in [4.69, 9.17) is 0 Å². The van der Waals surface area contributed by atoms with Gasteiger partial charge in [0, 0.05) is 16.7 Å². The highest BCUT2D eigenvalue weighted by Gasteiger charge is 2.14. The third kappa shape index (κ3) is 3.88. The number of aromatic hydroxyl groups is 1. The van der Waals surface area contributed by atoms with Crippen LogP contribution in [-0.2, 0) is 5.41 Å². The Kier molecular flexibility index (Phi) is 4.73. The Labute approximate surface area is 130 Å². The van der Waals surface area contributed by atoms with Crippen LogP contribution >= 0.6 is 11.8 Å². The smallest absolute Gasteiger partial charge is 0.124 e. The molecule has 0 saturated carbocycles. The number of rotatable bonds is 3. The van der Waals surface area contributed by atoms with Gasteiger partial charge in [-0.3, -0.25) is 4.99 Å². The molecule has 2 aromatic carbocycles. The molecule has 3 heteroatoms. The van der Waals surface area contributed by atoms with Gasteiger partial charge in [0.2, 0.25) is 0 Å². The second kappa shape index (κ2) is 6.35. The van der Waals surface area contributed by atoms with E-state index in [-0.39, 0.29) is 11.2 Å². The number of hydrogen-bond acceptors (Lipinski definition) is 3. The van der Waals surface area contributed by atoms with Gasteiger partial charge in [0.05, 0.1) is 5.69 Å². The monoisotopic (exact) mass is 299 g/mol.